The smallest absolute Gasteiger partial charge is 0.141 e. The number of benzene rings is 1. The molecule has 0 spiro atoms. The predicted octanol–water partition coefficient (Wildman–Crippen LogP) is 6.58. The van der Waals surface area contributed by atoms with Crippen molar-refractivity contribution in [3.05, 3.63) is 35.1 Å². The molecule has 1 aromatic carbocycles. The van der Waals surface area contributed by atoms with Crippen LogP contribution in [-0.4, -0.2) is 0 Å². The summed E-state index contributed by atoms with van der Waals surface area (Å²) < 4.78 is 13.8. The van der Waals surface area contributed by atoms with Crippen LogP contribution in [0.3, 0.4) is 0 Å². The minimum absolute atomic E-state index is 0.279. The average molecular weight is 327 g/mol. The van der Waals surface area contributed by atoms with Gasteiger partial charge in [0.1, 0.15) is 11.9 Å². The molecule has 1 aromatic rings. The molecule has 2 heteroatoms. The summed E-state index contributed by atoms with van der Waals surface area (Å²) in [5, 5.41) is 9.26. The molecule has 0 aromatic heterocycles. The third-order valence-corrected chi connectivity index (χ3v) is 6.62. The maximum atomic E-state index is 13.8. The fourth-order valence-electron chi connectivity index (χ4n) is 5.26. The van der Waals surface area contributed by atoms with E-state index in [1.54, 1.807) is 6.07 Å². The number of hydrogen-bond donors (Lipinski definition) is 0. The minimum Gasteiger partial charge on any atom is -0.206 e. The van der Waals surface area contributed by atoms with Crippen molar-refractivity contribution in [1.82, 2.24) is 0 Å². The van der Waals surface area contributed by atoms with Crippen LogP contribution in [0, 0.1) is 34.9 Å². The predicted molar refractivity (Wildman–Crippen MR) is 96.2 cm³/mol. The van der Waals surface area contributed by atoms with Crippen molar-refractivity contribution in [2.45, 2.75) is 77.0 Å². The van der Waals surface area contributed by atoms with Gasteiger partial charge >= 0.3 is 0 Å². The Morgan fingerprint density at radius 3 is 2.21 bits per heavy atom. The van der Waals surface area contributed by atoms with Gasteiger partial charge in [0, 0.05) is 0 Å². The second-order valence-electron chi connectivity index (χ2n) is 8.00. The summed E-state index contributed by atoms with van der Waals surface area (Å²) in [4.78, 5) is 0. The third-order valence-electron chi connectivity index (χ3n) is 6.62. The minimum atomic E-state index is -0.355. The Kier molecular flexibility index (Phi) is 5.93. The Hall–Kier alpha value is -1.36. The molecule has 2 saturated carbocycles. The summed E-state index contributed by atoms with van der Waals surface area (Å²) in [5.74, 6) is 2.78. The zero-order valence-corrected chi connectivity index (χ0v) is 14.9. The normalized spacial score (nSPS) is 30.7. The second-order valence-corrected chi connectivity index (χ2v) is 8.00. The van der Waals surface area contributed by atoms with Crippen molar-refractivity contribution < 1.29 is 4.39 Å². The Bertz CT molecular complexity index is 572. The van der Waals surface area contributed by atoms with Gasteiger partial charge < -0.3 is 0 Å². The summed E-state index contributed by atoms with van der Waals surface area (Å²) >= 11 is 0. The summed E-state index contributed by atoms with van der Waals surface area (Å²) in [6.07, 6.45) is 13.2. The first-order valence-electron chi connectivity index (χ1n) is 9.91. The van der Waals surface area contributed by atoms with Gasteiger partial charge in [0.15, 0.2) is 0 Å². The molecule has 3 rings (SSSR count). The van der Waals surface area contributed by atoms with Gasteiger partial charge in [-0.3, -0.25) is 0 Å². The van der Waals surface area contributed by atoms with Crippen molar-refractivity contribution in [3.8, 4) is 6.07 Å². The van der Waals surface area contributed by atoms with Gasteiger partial charge in [-0.15, -0.1) is 0 Å². The first kappa shape index (κ1) is 17.5. The Balaban J connectivity index is 1.55. The summed E-state index contributed by atoms with van der Waals surface area (Å²) in [6, 6.07) is 7.20. The van der Waals surface area contributed by atoms with Gasteiger partial charge in [0.05, 0.1) is 5.56 Å². The molecule has 2 fully saturated rings. The van der Waals surface area contributed by atoms with Crippen LogP contribution >= 0.6 is 0 Å². The largest absolute Gasteiger partial charge is 0.206 e. The van der Waals surface area contributed by atoms with E-state index in [1.165, 1.54) is 57.4 Å². The fourth-order valence-corrected chi connectivity index (χ4v) is 5.26. The highest BCUT2D eigenvalue weighted by Gasteiger charge is 2.31. The molecule has 0 unspecified atom stereocenters. The highest BCUT2D eigenvalue weighted by molar-refractivity contribution is 5.41. The van der Waals surface area contributed by atoms with E-state index in [1.807, 2.05) is 6.07 Å². The molecular weight excluding hydrogens is 297 g/mol. The van der Waals surface area contributed by atoms with Crippen molar-refractivity contribution >= 4 is 0 Å². The van der Waals surface area contributed by atoms with Crippen LogP contribution < -0.4 is 0 Å². The molecule has 0 aliphatic heterocycles. The number of nitriles is 1. The molecule has 0 saturated heterocycles. The van der Waals surface area contributed by atoms with Gasteiger partial charge in [-0.1, -0.05) is 44.7 Å². The van der Waals surface area contributed by atoms with Crippen LogP contribution in [0.5, 0.6) is 0 Å². The summed E-state index contributed by atoms with van der Waals surface area (Å²) in [5.41, 5.74) is 1.23. The van der Waals surface area contributed by atoms with Gasteiger partial charge in [0.2, 0.25) is 0 Å². The molecule has 2 aliphatic rings. The van der Waals surface area contributed by atoms with Crippen molar-refractivity contribution in [2.24, 2.45) is 17.8 Å². The lowest BCUT2D eigenvalue weighted by atomic mass is 9.67. The molecule has 0 bridgehead atoms. The lowest BCUT2D eigenvalue weighted by Gasteiger charge is -2.38. The maximum Gasteiger partial charge on any atom is 0.141 e. The van der Waals surface area contributed by atoms with Crippen LogP contribution in [0.4, 0.5) is 4.39 Å². The first-order valence-corrected chi connectivity index (χ1v) is 9.91. The lowest BCUT2D eigenvalue weighted by Crippen LogP contribution is -2.25. The second kappa shape index (κ2) is 8.15. The quantitative estimate of drug-likeness (QED) is 0.613. The maximum absolute atomic E-state index is 13.8. The zero-order valence-electron chi connectivity index (χ0n) is 14.9. The van der Waals surface area contributed by atoms with Crippen LogP contribution in [0.2, 0.25) is 0 Å². The molecule has 0 N–H and O–H groups in total. The van der Waals surface area contributed by atoms with Gasteiger partial charge in [-0.05, 0) is 73.8 Å². The molecule has 2 aliphatic carbocycles. The van der Waals surface area contributed by atoms with E-state index in [2.05, 4.69) is 13.0 Å². The highest BCUT2D eigenvalue weighted by atomic mass is 19.1. The van der Waals surface area contributed by atoms with E-state index < -0.39 is 0 Å². The SMILES string of the molecule is CCC[C@H]1CC[C@H]([C@H]2CC[C@H](c3cccc(F)c3C#N)CC2)CC1. The zero-order chi connectivity index (χ0) is 16.9. The molecule has 130 valence electrons. The summed E-state index contributed by atoms with van der Waals surface area (Å²) in [6.45, 7) is 2.30. The topological polar surface area (TPSA) is 23.8 Å². The molecule has 1 nitrogen and oxygen atoms in total. The van der Waals surface area contributed by atoms with Crippen molar-refractivity contribution in [3.63, 3.8) is 0 Å². The Morgan fingerprint density at radius 2 is 1.62 bits per heavy atom. The van der Waals surface area contributed by atoms with E-state index in [4.69, 9.17) is 0 Å². The van der Waals surface area contributed by atoms with Crippen molar-refractivity contribution in [1.29, 1.82) is 5.26 Å². The summed E-state index contributed by atoms with van der Waals surface area (Å²) in [7, 11) is 0. The van der Waals surface area contributed by atoms with E-state index in [-0.39, 0.29) is 11.4 Å². The Labute approximate surface area is 146 Å². The number of halogens is 1. The monoisotopic (exact) mass is 327 g/mol. The standard InChI is InChI=1S/C22H30FN/c1-2-4-16-7-9-17(10-8-16)18-11-13-19(14-12-18)20-5-3-6-22(23)21(20)15-24/h3,5-6,16-19H,2,4,7-14H2,1H3/t16-,17-,18-,19-. The molecule has 0 amide bonds. The van der Waals surface area contributed by atoms with E-state index in [0.717, 1.165) is 36.2 Å². The number of nitrogens with zero attached hydrogens (tertiary/aromatic N) is 1. The molecule has 0 radical (unpaired) electrons. The molecule has 24 heavy (non-hydrogen) atoms. The van der Waals surface area contributed by atoms with Crippen LogP contribution in [0.1, 0.15) is 88.2 Å². The third kappa shape index (κ3) is 3.82. The van der Waals surface area contributed by atoms with Gasteiger partial charge in [-0.2, -0.15) is 5.26 Å². The van der Waals surface area contributed by atoms with Crippen LogP contribution in [0.15, 0.2) is 18.2 Å². The van der Waals surface area contributed by atoms with E-state index in [0.29, 0.717) is 5.92 Å². The van der Waals surface area contributed by atoms with E-state index >= 15 is 0 Å². The highest BCUT2D eigenvalue weighted by Crippen LogP contribution is 2.45. The Morgan fingerprint density at radius 1 is 1.00 bits per heavy atom. The van der Waals surface area contributed by atoms with Gasteiger partial charge in [0.25, 0.3) is 0 Å². The van der Waals surface area contributed by atoms with Crippen LogP contribution in [-0.2, 0) is 0 Å². The molecular formula is C22H30FN. The number of hydrogen-bond acceptors (Lipinski definition) is 1. The lowest BCUT2D eigenvalue weighted by molar-refractivity contribution is 0.156. The van der Waals surface area contributed by atoms with Crippen LogP contribution in [0.25, 0.3) is 0 Å². The molecule has 0 heterocycles. The number of rotatable bonds is 4. The van der Waals surface area contributed by atoms with E-state index in [9.17, 15) is 9.65 Å². The fraction of sp³-hybridized carbons (Fsp3) is 0.682. The first-order chi connectivity index (χ1) is 11.7. The molecule has 0 atom stereocenters. The van der Waals surface area contributed by atoms with Gasteiger partial charge in [-0.25, -0.2) is 4.39 Å². The van der Waals surface area contributed by atoms with Crippen molar-refractivity contribution in [2.75, 3.05) is 0 Å². The average Bonchev–Trinajstić information content (AvgIpc) is 2.63.